The van der Waals surface area contributed by atoms with E-state index in [-0.39, 0.29) is 11.5 Å². The van der Waals surface area contributed by atoms with Crippen molar-refractivity contribution in [3.63, 3.8) is 0 Å². The first kappa shape index (κ1) is 20.9. The minimum Gasteiger partial charge on any atom is -0.478 e. The van der Waals surface area contributed by atoms with Gasteiger partial charge in [0.2, 0.25) is 5.91 Å². The molecule has 2 aromatic carbocycles. The summed E-state index contributed by atoms with van der Waals surface area (Å²) < 4.78 is 0. The fraction of sp³-hybridized carbons (Fsp3) is 0.304. The van der Waals surface area contributed by atoms with Gasteiger partial charge >= 0.3 is 5.97 Å². The van der Waals surface area contributed by atoms with Crippen LogP contribution in [0.3, 0.4) is 0 Å². The van der Waals surface area contributed by atoms with Gasteiger partial charge in [0, 0.05) is 48.6 Å². The largest absolute Gasteiger partial charge is 0.478 e. The van der Waals surface area contributed by atoms with Crippen LogP contribution in [0.2, 0.25) is 5.02 Å². The third-order valence-corrected chi connectivity index (χ3v) is 5.64. The minimum absolute atomic E-state index is 0.120. The van der Waals surface area contributed by atoms with E-state index in [2.05, 4.69) is 17.1 Å². The van der Waals surface area contributed by atoms with Crippen molar-refractivity contribution in [2.75, 3.05) is 13.1 Å². The van der Waals surface area contributed by atoms with E-state index >= 15 is 0 Å². The van der Waals surface area contributed by atoms with E-state index in [0.717, 1.165) is 30.6 Å². The predicted molar refractivity (Wildman–Crippen MR) is 117 cm³/mol. The van der Waals surface area contributed by atoms with Gasteiger partial charge in [-0.25, -0.2) is 4.79 Å². The molecule has 29 heavy (non-hydrogen) atoms. The van der Waals surface area contributed by atoms with Crippen molar-refractivity contribution >= 4 is 34.4 Å². The number of carbonyl (C=O) groups excluding carboxylic acids is 1. The van der Waals surface area contributed by atoms with Crippen LogP contribution in [-0.4, -0.2) is 40.0 Å². The van der Waals surface area contributed by atoms with E-state index in [4.69, 9.17) is 11.6 Å². The first-order chi connectivity index (χ1) is 13.9. The summed E-state index contributed by atoms with van der Waals surface area (Å²) in [5.41, 5.74) is 3.87. The summed E-state index contributed by atoms with van der Waals surface area (Å²) in [6, 6.07) is 11.7. The number of nitrogens with zero attached hydrogens (tertiary/aromatic N) is 1. The van der Waals surface area contributed by atoms with Gasteiger partial charge in [-0.05, 0) is 29.7 Å². The van der Waals surface area contributed by atoms with Gasteiger partial charge in [-0.1, -0.05) is 49.7 Å². The number of H-pyrrole nitrogens is 1. The Hall–Kier alpha value is -2.79. The van der Waals surface area contributed by atoms with Gasteiger partial charge in [0.15, 0.2) is 0 Å². The number of benzene rings is 2. The minimum atomic E-state index is -0.971. The number of hydrogen-bond donors (Lipinski definition) is 2. The summed E-state index contributed by atoms with van der Waals surface area (Å²) in [6.45, 7) is 7.17. The Bertz CT molecular complexity index is 1040. The molecule has 1 unspecified atom stereocenters. The van der Waals surface area contributed by atoms with Crippen LogP contribution in [0.15, 0.2) is 42.6 Å². The van der Waals surface area contributed by atoms with Crippen molar-refractivity contribution in [1.29, 1.82) is 0 Å². The maximum atomic E-state index is 11.5. The molecule has 1 aliphatic rings. The van der Waals surface area contributed by atoms with E-state index in [0.29, 0.717) is 21.8 Å². The number of hydrogen-bond acceptors (Lipinski definition) is 2. The predicted octanol–water partition coefficient (Wildman–Crippen LogP) is 5.55. The fourth-order valence-electron chi connectivity index (χ4n) is 3.79. The van der Waals surface area contributed by atoms with Gasteiger partial charge in [0.1, 0.15) is 0 Å². The first-order valence-corrected chi connectivity index (χ1v) is 10.2. The molecule has 1 aromatic heterocycles. The molecule has 3 aromatic rings. The number of rotatable bonds is 3. The lowest BCUT2D eigenvalue weighted by Crippen LogP contribution is -2.25. The van der Waals surface area contributed by atoms with Crippen molar-refractivity contribution in [2.24, 2.45) is 0 Å². The zero-order valence-electron chi connectivity index (χ0n) is 16.8. The topological polar surface area (TPSA) is 73.4 Å². The highest BCUT2D eigenvalue weighted by molar-refractivity contribution is 6.34. The first-order valence-electron chi connectivity index (χ1n) is 9.84. The lowest BCUT2D eigenvalue weighted by atomic mass is 9.95. The number of fused-ring (bicyclic) bond motifs is 1. The number of aromatic amines is 1. The Morgan fingerprint density at radius 1 is 1.17 bits per heavy atom. The number of amides is 1. The lowest BCUT2D eigenvalue weighted by molar-refractivity contribution is -0.127. The van der Waals surface area contributed by atoms with E-state index < -0.39 is 5.97 Å². The summed E-state index contributed by atoms with van der Waals surface area (Å²) in [7, 11) is 0. The molecule has 1 fully saturated rings. The van der Waals surface area contributed by atoms with Crippen LogP contribution in [0.1, 0.15) is 49.0 Å². The molecule has 2 N–H and O–H groups in total. The maximum absolute atomic E-state index is 11.5. The highest BCUT2D eigenvalue weighted by Gasteiger charge is 2.25. The molecule has 152 valence electrons. The molecule has 6 heteroatoms. The molecule has 2 heterocycles. The molecular formula is C23H25ClN2O3. The molecule has 5 nitrogen and oxygen atoms in total. The molecule has 0 radical (unpaired) electrons. The molecule has 0 bridgehead atoms. The number of carboxylic acid groups (broad SMARTS) is 1. The number of carbonyl (C=O) groups is 2. The number of aromatic nitrogens is 1. The van der Waals surface area contributed by atoms with Crippen molar-refractivity contribution < 1.29 is 14.7 Å². The lowest BCUT2D eigenvalue weighted by Gasteiger charge is -2.14. The molecule has 0 spiro atoms. The summed E-state index contributed by atoms with van der Waals surface area (Å²) >= 11 is 6.44. The van der Waals surface area contributed by atoms with Gasteiger partial charge in [0.05, 0.1) is 10.6 Å². The average Bonchev–Trinajstić information content (AvgIpc) is 3.36. The van der Waals surface area contributed by atoms with Crippen LogP contribution in [0.4, 0.5) is 0 Å². The highest BCUT2D eigenvalue weighted by atomic mass is 35.5. The fourth-order valence-corrected chi connectivity index (χ4v) is 4.07. The van der Waals surface area contributed by atoms with E-state index in [1.54, 1.807) is 13.0 Å². The van der Waals surface area contributed by atoms with Crippen molar-refractivity contribution in [1.82, 2.24) is 9.88 Å². The summed E-state index contributed by atoms with van der Waals surface area (Å²) in [6.07, 6.45) is 2.45. The number of halogens is 1. The second kappa shape index (κ2) is 8.70. The third kappa shape index (κ3) is 4.15. The van der Waals surface area contributed by atoms with Gasteiger partial charge in [-0.15, -0.1) is 0 Å². The van der Waals surface area contributed by atoms with Crippen LogP contribution < -0.4 is 0 Å². The second-order valence-corrected chi connectivity index (χ2v) is 7.36. The molecule has 0 saturated carbocycles. The Morgan fingerprint density at radius 2 is 1.86 bits per heavy atom. The average molecular weight is 413 g/mol. The van der Waals surface area contributed by atoms with Crippen LogP contribution in [0.25, 0.3) is 22.0 Å². The zero-order valence-corrected chi connectivity index (χ0v) is 17.6. The second-order valence-electron chi connectivity index (χ2n) is 6.96. The summed E-state index contributed by atoms with van der Waals surface area (Å²) in [4.78, 5) is 27.7. The number of nitrogens with one attached hydrogen (secondary N) is 1. The number of likely N-dealkylation sites (tertiary alicyclic amines) is 1. The Balaban J connectivity index is 0.00000117. The molecule has 1 saturated heterocycles. The van der Waals surface area contributed by atoms with E-state index in [9.17, 15) is 14.7 Å². The van der Waals surface area contributed by atoms with Crippen LogP contribution >= 0.6 is 11.6 Å². The van der Waals surface area contributed by atoms with Gasteiger partial charge in [-0.3, -0.25) is 4.79 Å². The maximum Gasteiger partial charge on any atom is 0.337 e. The van der Waals surface area contributed by atoms with Gasteiger partial charge in [0.25, 0.3) is 0 Å². The molecule has 4 rings (SSSR count). The SMILES string of the molecule is CC.CC(=O)N1CCC(c2ccc(-c3cc4c(C(=O)O)c[nH]c4cc3Cl)cc2)C1. The van der Waals surface area contributed by atoms with Crippen LogP contribution in [-0.2, 0) is 4.79 Å². The smallest absolute Gasteiger partial charge is 0.337 e. The number of aromatic carboxylic acids is 1. The molecular weight excluding hydrogens is 388 g/mol. The van der Waals surface area contributed by atoms with Gasteiger partial charge in [-0.2, -0.15) is 0 Å². The van der Waals surface area contributed by atoms with Crippen LogP contribution in [0, 0.1) is 0 Å². The highest BCUT2D eigenvalue weighted by Crippen LogP contribution is 2.35. The Labute approximate surface area is 175 Å². The standard InChI is InChI=1S/C21H19ClN2O3.C2H6/c1-12(25)24-7-6-15(11-24)13-2-4-14(5-3-13)16-8-17-18(21(26)27)10-23-20(17)9-19(16)22;1-2/h2-5,8-10,15,23H,6-7,11H2,1H3,(H,26,27);1-2H3. The molecule has 1 aliphatic heterocycles. The van der Waals surface area contributed by atoms with E-state index in [1.807, 2.05) is 36.9 Å². The summed E-state index contributed by atoms with van der Waals surface area (Å²) in [5, 5.41) is 10.5. The molecule has 0 aliphatic carbocycles. The van der Waals surface area contributed by atoms with Crippen molar-refractivity contribution in [3.05, 3.63) is 58.7 Å². The van der Waals surface area contributed by atoms with Crippen molar-refractivity contribution in [3.8, 4) is 11.1 Å². The quantitative estimate of drug-likeness (QED) is 0.592. The zero-order chi connectivity index (χ0) is 21.1. The summed E-state index contributed by atoms with van der Waals surface area (Å²) in [5.74, 6) is -0.500. The Kier molecular flexibility index (Phi) is 6.28. The monoisotopic (exact) mass is 412 g/mol. The Morgan fingerprint density at radius 3 is 2.45 bits per heavy atom. The third-order valence-electron chi connectivity index (χ3n) is 5.33. The number of carboxylic acids is 1. The van der Waals surface area contributed by atoms with Gasteiger partial charge < -0.3 is 15.0 Å². The van der Waals surface area contributed by atoms with Crippen molar-refractivity contribution in [2.45, 2.75) is 33.1 Å². The molecule has 1 amide bonds. The molecule has 1 atom stereocenters. The van der Waals surface area contributed by atoms with Crippen LogP contribution in [0.5, 0.6) is 0 Å². The van der Waals surface area contributed by atoms with E-state index in [1.165, 1.54) is 11.8 Å². The normalized spacial score (nSPS) is 15.9.